The van der Waals surface area contributed by atoms with Gasteiger partial charge in [-0.1, -0.05) is 129 Å². The molecular weight excluding hydrogens is 539 g/mol. The van der Waals surface area contributed by atoms with E-state index in [1.54, 1.807) is 0 Å². The van der Waals surface area contributed by atoms with Crippen molar-refractivity contribution in [1.82, 2.24) is 5.32 Å². The molecule has 2 N–H and O–H groups in total. The van der Waals surface area contributed by atoms with E-state index in [0.717, 1.165) is 38.5 Å². The van der Waals surface area contributed by atoms with Crippen LogP contribution >= 0.6 is 7.82 Å². The lowest BCUT2D eigenvalue weighted by molar-refractivity contribution is -0.870. The Kier molecular flexibility index (Phi) is 25.6. The van der Waals surface area contributed by atoms with Crippen LogP contribution in [0.5, 0.6) is 0 Å². The first kappa shape index (κ1) is 40.5. The molecule has 0 bridgehead atoms. The molecule has 0 spiro atoms. The lowest BCUT2D eigenvalue weighted by atomic mass is 10.0. The summed E-state index contributed by atoms with van der Waals surface area (Å²) < 4.78 is 23.0. The Morgan fingerprint density at radius 3 is 1.66 bits per heavy atom. The van der Waals surface area contributed by atoms with Gasteiger partial charge in [0.1, 0.15) is 13.2 Å². The number of phosphoric acid groups is 1. The van der Waals surface area contributed by atoms with Crippen LogP contribution in [0.4, 0.5) is 0 Å². The van der Waals surface area contributed by atoms with Crippen molar-refractivity contribution in [3.63, 3.8) is 0 Å². The third-order valence-electron chi connectivity index (χ3n) is 7.60. The highest BCUT2D eigenvalue weighted by Crippen LogP contribution is 2.38. The van der Waals surface area contributed by atoms with Gasteiger partial charge in [0, 0.05) is 6.42 Å². The van der Waals surface area contributed by atoms with E-state index in [-0.39, 0.29) is 19.1 Å². The number of carbonyl (C=O) groups is 1. The number of phosphoric ester groups is 1. The van der Waals surface area contributed by atoms with Gasteiger partial charge in [0.15, 0.2) is 0 Å². The van der Waals surface area contributed by atoms with Crippen molar-refractivity contribution in [3.05, 3.63) is 0 Å². The van der Waals surface area contributed by atoms with Crippen molar-refractivity contribution in [3.8, 4) is 0 Å². The van der Waals surface area contributed by atoms with Crippen LogP contribution in [0.2, 0.25) is 0 Å². The van der Waals surface area contributed by atoms with E-state index in [1.165, 1.54) is 83.5 Å². The van der Waals surface area contributed by atoms with Gasteiger partial charge in [-0.05, 0) is 12.8 Å². The average molecular weight is 607 g/mol. The second kappa shape index (κ2) is 25.9. The number of aliphatic hydroxyl groups excluding tert-OH is 1. The van der Waals surface area contributed by atoms with Crippen LogP contribution in [0.1, 0.15) is 149 Å². The van der Waals surface area contributed by atoms with Crippen molar-refractivity contribution >= 4 is 13.7 Å². The van der Waals surface area contributed by atoms with Gasteiger partial charge in [-0.3, -0.25) is 9.36 Å². The maximum atomic E-state index is 12.7. The minimum atomic E-state index is -4.54. The van der Waals surface area contributed by atoms with Gasteiger partial charge in [-0.25, -0.2) is 0 Å². The Balaban J connectivity index is 4.54. The summed E-state index contributed by atoms with van der Waals surface area (Å²) in [6, 6.07) is -0.788. The van der Waals surface area contributed by atoms with Gasteiger partial charge in [0.05, 0.1) is 39.9 Å². The van der Waals surface area contributed by atoms with Gasteiger partial charge in [0.25, 0.3) is 7.82 Å². The molecule has 0 radical (unpaired) electrons. The number of carbonyl (C=O) groups excluding carboxylic acids is 1. The summed E-state index contributed by atoms with van der Waals surface area (Å²) in [6.45, 7) is 4.65. The van der Waals surface area contributed by atoms with E-state index >= 15 is 0 Å². The predicted octanol–water partition coefficient (Wildman–Crippen LogP) is 7.27. The molecule has 8 nitrogen and oxygen atoms in total. The standard InChI is InChI=1S/C32H67N2O6P/c1-6-8-10-12-14-16-18-20-22-24-26-32(36)33-30(29-40-41(37,38)39-28-27-34(3,4)5)31(35)25-23-21-19-17-15-13-11-9-7-2/h30-31,35H,6-29H2,1-5H3,(H-,33,36,37,38)/t30-,31+/m0/s1. The third kappa shape index (κ3) is 28.1. The van der Waals surface area contributed by atoms with E-state index in [2.05, 4.69) is 19.2 Å². The Morgan fingerprint density at radius 2 is 1.20 bits per heavy atom. The highest BCUT2D eigenvalue weighted by atomic mass is 31.2. The quantitative estimate of drug-likeness (QED) is 0.0506. The molecular formula is C32H67N2O6P. The number of nitrogens with one attached hydrogen (secondary N) is 1. The number of hydrogen-bond donors (Lipinski definition) is 2. The number of rotatable bonds is 30. The predicted molar refractivity (Wildman–Crippen MR) is 169 cm³/mol. The van der Waals surface area contributed by atoms with Gasteiger partial charge in [-0.2, -0.15) is 0 Å². The van der Waals surface area contributed by atoms with Crippen LogP contribution in [0, 0.1) is 0 Å². The lowest BCUT2D eigenvalue weighted by Crippen LogP contribution is -2.46. The number of amides is 1. The number of hydrogen-bond acceptors (Lipinski definition) is 6. The second-order valence-electron chi connectivity index (χ2n) is 12.9. The number of nitrogens with zero attached hydrogens (tertiary/aromatic N) is 1. The minimum Gasteiger partial charge on any atom is -0.756 e. The Morgan fingerprint density at radius 1 is 0.756 bits per heavy atom. The first-order chi connectivity index (χ1) is 19.5. The Labute approximate surface area is 253 Å². The lowest BCUT2D eigenvalue weighted by Gasteiger charge is -2.30. The van der Waals surface area contributed by atoms with Crippen LogP contribution in [-0.4, -0.2) is 68.5 Å². The fourth-order valence-electron chi connectivity index (χ4n) is 4.80. The zero-order valence-electron chi connectivity index (χ0n) is 27.5. The fraction of sp³-hybridized carbons (Fsp3) is 0.969. The van der Waals surface area contributed by atoms with Gasteiger partial charge in [0.2, 0.25) is 5.91 Å². The first-order valence-corrected chi connectivity index (χ1v) is 18.3. The molecule has 0 aliphatic rings. The van der Waals surface area contributed by atoms with Crippen LogP contribution in [0.3, 0.4) is 0 Å². The summed E-state index contributed by atoms with van der Waals surface area (Å²) in [5.41, 5.74) is 0. The SMILES string of the molecule is CCCCCCCCCCCCC(=O)N[C@@H](COP(=O)([O-])OCC[N+](C)(C)C)[C@H](O)CCCCCCCCCCC. The molecule has 246 valence electrons. The Bertz CT molecular complexity index is 659. The average Bonchev–Trinajstić information content (AvgIpc) is 2.90. The smallest absolute Gasteiger partial charge is 0.268 e. The van der Waals surface area contributed by atoms with Gasteiger partial charge in [-0.15, -0.1) is 0 Å². The molecule has 0 aliphatic heterocycles. The van der Waals surface area contributed by atoms with Crippen molar-refractivity contribution in [2.45, 2.75) is 161 Å². The van der Waals surface area contributed by atoms with Crippen molar-refractivity contribution in [2.24, 2.45) is 0 Å². The molecule has 0 aromatic carbocycles. The largest absolute Gasteiger partial charge is 0.756 e. The molecule has 41 heavy (non-hydrogen) atoms. The van der Waals surface area contributed by atoms with E-state index < -0.39 is 20.0 Å². The molecule has 0 rings (SSSR count). The normalized spacial score (nSPS) is 15.0. The number of quaternary nitrogens is 1. The van der Waals surface area contributed by atoms with E-state index in [1.807, 2.05) is 21.1 Å². The highest BCUT2D eigenvalue weighted by molar-refractivity contribution is 7.45. The van der Waals surface area contributed by atoms with E-state index in [0.29, 0.717) is 23.9 Å². The molecule has 1 unspecified atom stereocenters. The molecule has 1 amide bonds. The third-order valence-corrected chi connectivity index (χ3v) is 8.56. The topological polar surface area (TPSA) is 108 Å². The number of likely N-dealkylation sites (N-methyl/N-ethyl adjacent to an activating group) is 1. The zero-order valence-corrected chi connectivity index (χ0v) is 28.4. The van der Waals surface area contributed by atoms with Crippen LogP contribution in [0.15, 0.2) is 0 Å². The van der Waals surface area contributed by atoms with Crippen LogP contribution < -0.4 is 10.2 Å². The molecule has 9 heteroatoms. The molecule has 0 saturated carbocycles. The van der Waals surface area contributed by atoms with E-state index in [4.69, 9.17) is 9.05 Å². The fourth-order valence-corrected chi connectivity index (χ4v) is 5.52. The summed E-state index contributed by atoms with van der Waals surface area (Å²) in [5, 5.41) is 13.7. The summed E-state index contributed by atoms with van der Waals surface area (Å²) in [5.74, 6) is -0.170. The number of aliphatic hydroxyl groups is 1. The van der Waals surface area contributed by atoms with Crippen molar-refractivity contribution in [2.75, 3.05) is 40.9 Å². The Hall–Kier alpha value is -0.500. The molecule has 0 fully saturated rings. The van der Waals surface area contributed by atoms with Gasteiger partial charge < -0.3 is 28.8 Å². The van der Waals surface area contributed by atoms with Crippen LogP contribution in [-0.2, 0) is 18.4 Å². The molecule has 3 atom stereocenters. The molecule has 0 aromatic heterocycles. The maximum absolute atomic E-state index is 12.7. The second-order valence-corrected chi connectivity index (χ2v) is 14.3. The van der Waals surface area contributed by atoms with E-state index in [9.17, 15) is 19.4 Å². The maximum Gasteiger partial charge on any atom is 0.268 e. The molecule has 0 aliphatic carbocycles. The van der Waals surface area contributed by atoms with Crippen molar-refractivity contribution < 1.29 is 32.9 Å². The first-order valence-electron chi connectivity index (χ1n) is 16.9. The highest BCUT2D eigenvalue weighted by Gasteiger charge is 2.24. The summed E-state index contributed by atoms with van der Waals surface area (Å²) in [6.07, 6.45) is 22.5. The van der Waals surface area contributed by atoms with Crippen LogP contribution in [0.25, 0.3) is 0 Å². The summed E-state index contributed by atoms with van der Waals surface area (Å²) >= 11 is 0. The molecule has 0 aromatic rings. The summed E-state index contributed by atoms with van der Waals surface area (Å²) in [7, 11) is 1.31. The molecule has 0 heterocycles. The molecule has 0 saturated heterocycles. The van der Waals surface area contributed by atoms with Crippen molar-refractivity contribution in [1.29, 1.82) is 0 Å². The van der Waals surface area contributed by atoms with Gasteiger partial charge >= 0.3 is 0 Å². The summed E-state index contributed by atoms with van der Waals surface area (Å²) in [4.78, 5) is 25.0. The zero-order chi connectivity index (χ0) is 30.8. The number of unbranched alkanes of at least 4 members (excludes halogenated alkanes) is 17. The monoisotopic (exact) mass is 606 g/mol. The minimum absolute atomic E-state index is 0.0149.